The van der Waals surface area contributed by atoms with E-state index >= 15 is 0 Å². The molecule has 0 aromatic heterocycles. The molecule has 0 fully saturated rings. The molecule has 0 unspecified atom stereocenters. The van der Waals surface area contributed by atoms with Crippen molar-refractivity contribution < 1.29 is 19.2 Å². The Kier molecular flexibility index (Phi) is 5.71. The maximum Gasteiger partial charge on any atom is 0.339 e. The first-order valence-corrected chi connectivity index (χ1v) is 7.66. The zero-order chi connectivity index (χ0) is 18.6. The number of likely N-dealkylation sites (N-methyl/N-ethyl adjacent to an activating group) is 1. The number of amides is 1. The number of hydrogen-bond donors (Lipinski definition) is 0. The highest BCUT2D eigenvalue weighted by molar-refractivity contribution is 6.32. The third kappa shape index (κ3) is 4.33. The summed E-state index contributed by atoms with van der Waals surface area (Å²) in [6, 6.07) is 12.4. The minimum atomic E-state index is -1.06. The molecule has 2 rings (SSSR count). The van der Waals surface area contributed by atoms with E-state index in [9.17, 15) is 19.7 Å². The number of para-hydroxylation sites is 1. The molecule has 2 aromatic carbocycles. The fourth-order valence-corrected chi connectivity index (χ4v) is 2.30. The van der Waals surface area contributed by atoms with Gasteiger partial charge in [-0.05, 0) is 31.2 Å². The Morgan fingerprint density at radius 2 is 1.84 bits per heavy atom. The van der Waals surface area contributed by atoms with Crippen molar-refractivity contribution in [3.05, 3.63) is 69.2 Å². The van der Waals surface area contributed by atoms with E-state index in [1.54, 1.807) is 31.3 Å². The Morgan fingerprint density at radius 1 is 1.20 bits per heavy atom. The van der Waals surface area contributed by atoms with Gasteiger partial charge in [0.1, 0.15) is 5.02 Å². The smallest absolute Gasteiger partial charge is 0.339 e. The predicted molar refractivity (Wildman–Crippen MR) is 92.8 cm³/mol. The molecule has 25 heavy (non-hydrogen) atoms. The molecule has 130 valence electrons. The van der Waals surface area contributed by atoms with Crippen LogP contribution in [0.5, 0.6) is 0 Å². The second kappa shape index (κ2) is 7.76. The second-order valence-corrected chi connectivity index (χ2v) is 5.61. The zero-order valence-electron chi connectivity index (χ0n) is 13.5. The maximum absolute atomic E-state index is 12.4. The van der Waals surface area contributed by atoms with Crippen LogP contribution in [0.15, 0.2) is 48.5 Å². The van der Waals surface area contributed by atoms with E-state index in [4.69, 9.17) is 16.3 Å². The van der Waals surface area contributed by atoms with E-state index in [0.717, 1.165) is 6.07 Å². The topological polar surface area (TPSA) is 89.7 Å². The summed E-state index contributed by atoms with van der Waals surface area (Å²) in [4.78, 5) is 36.1. The first kappa shape index (κ1) is 18.4. The molecule has 0 aliphatic rings. The number of ether oxygens (including phenoxy) is 1. The van der Waals surface area contributed by atoms with E-state index in [1.807, 2.05) is 6.07 Å². The Hall–Kier alpha value is -2.93. The first-order chi connectivity index (χ1) is 11.8. The molecule has 0 aliphatic heterocycles. The van der Waals surface area contributed by atoms with Crippen LogP contribution >= 0.6 is 11.6 Å². The van der Waals surface area contributed by atoms with E-state index in [1.165, 1.54) is 24.0 Å². The van der Waals surface area contributed by atoms with Gasteiger partial charge in [0.05, 0.1) is 10.5 Å². The van der Waals surface area contributed by atoms with Gasteiger partial charge in [-0.2, -0.15) is 0 Å². The average Bonchev–Trinajstić information content (AvgIpc) is 2.61. The quantitative estimate of drug-likeness (QED) is 0.461. The van der Waals surface area contributed by atoms with Crippen LogP contribution < -0.4 is 4.90 Å². The van der Waals surface area contributed by atoms with Crippen LogP contribution in [0.1, 0.15) is 17.3 Å². The molecule has 0 heterocycles. The number of nitro benzene ring substituents is 1. The van der Waals surface area contributed by atoms with E-state index < -0.39 is 28.6 Å². The highest BCUT2D eigenvalue weighted by Gasteiger charge is 2.24. The summed E-state index contributed by atoms with van der Waals surface area (Å²) in [6.07, 6.45) is -1.06. The lowest BCUT2D eigenvalue weighted by Gasteiger charge is -2.21. The van der Waals surface area contributed by atoms with Gasteiger partial charge in [0.15, 0.2) is 6.10 Å². The Balaban J connectivity index is 2.11. The molecule has 1 amide bonds. The summed E-state index contributed by atoms with van der Waals surface area (Å²) >= 11 is 5.71. The highest BCUT2D eigenvalue weighted by Crippen LogP contribution is 2.25. The molecule has 0 aliphatic carbocycles. The van der Waals surface area contributed by atoms with Crippen molar-refractivity contribution in [1.29, 1.82) is 0 Å². The fourth-order valence-electron chi connectivity index (χ4n) is 2.11. The molecular weight excluding hydrogens is 348 g/mol. The molecule has 0 N–H and O–H groups in total. The van der Waals surface area contributed by atoms with Gasteiger partial charge in [-0.3, -0.25) is 14.9 Å². The average molecular weight is 363 g/mol. The van der Waals surface area contributed by atoms with Gasteiger partial charge in [-0.1, -0.05) is 29.8 Å². The summed E-state index contributed by atoms with van der Waals surface area (Å²) in [7, 11) is 1.56. The lowest BCUT2D eigenvalue weighted by atomic mass is 10.2. The summed E-state index contributed by atoms with van der Waals surface area (Å²) in [6.45, 7) is 1.43. The van der Waals surface area contributed by atoms with Gasteiger partial charge in [-0.25, -0.2) is 4.79 Å². The fraction of sp³-hybridized carbons (Fsp3) is 0.176. The first-order valence-electron chi connectivity index (χ1n) is 7.28. The van der Waals surface area contributed by atoms with Crippen LogP contribution in [0, 0.1) is 10.1 Å². The molecule has 1 atom stereocenters. The molecule has 0 bridgehead atoms. The van der Waals surface area contributed by atoms with Gasteiger partial charge in [-0.15, -0.1) is 0 Å². The monoisotopic (exact) mass is 362 g/mol. The molecular formula is C17H15ClN2O5. The number of hydrogen-bond acceptors (Lipinski definition) is 5. The van der Waals surface area contributed by atoms with Crippen LogP contribution in [0.4, 0.5) is 11.4 Å². The second-order valence-electron chi connectivity index (χ2n) is 5.20. The van der Waals surface area contributed by atoms with Crippen molar-refractivity contribution in [3.8, 4) is 0 Å². The minimum absolute atomic E-state index is 0.0573. The van der Waals surface area contributed by atoms with Crippen molar-refractivity contribution >= 4 is 34.9 Å². The molecule has 8 heteroatoms. The Labute approximate surface area is 148 Å². The lowest BCUT2D eigenvalue weighted by molar-refractivity contribution is -0.384. The number of halogens is 1. The van der Waals surface area contributed by atoms with Crippen molar-refractivity contribution in [2.24, 2.45) is 0 Å². The van der Waals surface area contributed by atoms with E-state index in [0.29, 0.717) is 5.69 Å². The molecule has 0 spiro atoms. The van der Waals surface area contributed by atoms with Crippen LogP contribution in [-0.4, -0.2) is 30.0 Å². The number of esters is 1. The van der Waals surface area contributed by atoms with E-state index in [-0.39, 0.29) is 10.6 Å². The SMILES string of the molecule is C[C@H](OC(=O)c1ccc(Cl)c([N+](=O)[O-])c1)C(=O)N(C)c1ccccc1. The summed E-state index contributed by atoms with van der Waals surface area (Å²) in [5, 5.41) is 10.8. The van der Waals surface area contributed by atoms with Gasteiger partial charge < -0.3 is 9.64 Å². The molecule has 2 aromatic rings. The number of nitro groups is 1. The number of nitrogens with zero attached hydrogens (tertiary/aromatic N) is 2. The Bertz CT molecular complexity index is 810. The van der Waals surface area contributed by atoms with Gasteiger partial charge >= 0.3 is 5.97 Å². The van der Waals surface area contributed by atoms with Crippen molar-refractivity contribution in [1.82, 2.24) is 0 Å². The normalized spacial score (nSPS) is 11.5. The van der Waals surface area contributed by atoms with Crippen molar-refractivity contribution in [2.45, 2.75) is 13.0 Å². The number of rotatable bonds is 5. The van der Waals surface area contributed by atoms with Crippen molar-refractivity contribution in [2.75, 3.05) is 11.9 Å². The third-order valence-corrected chi connectivity index (χ3v) is 3.80. The van der Waals surface area contributed by atoms with Gasteiger partial charge in [0.2, 0.25) is 0 Å². The number of benzene rings is 2. The highest BCUT2D eigenvalue weighted by atomic mass is 35.5. The molecule has 0 saturated heterocycles. The van der Waals surface area contributed by atoms with Crippen LogP contribution in [0.3, 0.4) is 0 Å². The zero-order valence-corrected chi connectivity index (χ0v) is 14.3. The number of carbonyl (C=O) groups is 2. The summed E-state index contributed by atoms with van der Waals surface area (Å²) in [5.41, 5.74) is 0.187. The van der Waals surface area contributed by atoms with Gasteiger partial charge in [0.25, 0.3) is 11.6 Å². The minimum Gasteiger partial charge on any atom is -0.449 e. The maximum atomic E-state index is 12.4. The number of anilines is 1. The predicted octanol–water partition coefficient (Wildman–Crippen LogP) is 3.46. The summed E-state index contributed by atoms with van der Waals surface area (Å²) in [5.74, 6) is -1.27. The molecule has 7 nitrogen and oxygen atoms in total. The van der Waals surface area contributed by atoms with Crippen LogP contribution in [0.25, 0.3) is 0 Å². The molecule has 0 saturated carbocycles. The Morgan fingerprint density at radius 3 is 2.44 bits per heavy atom. The lowest BCUT2D eigenvalue weighted by Crippen LogP contribution is -2.37. The van der Waals surface area contributed by atoms with Crippen LogP contribution in [-0.2, 0) is 9.53 Å². The number of carbonyl (C=O) groups excluding carboxylic acids is 2. The van der Waals surface area contributed by atoms with E-state index in [2.05, 4.69) is 0 Å². The standard InChI is InChI=1S/C17H15ClN2O5/c1-11(16(21)19(2)13-6-4-3-5-7-13)25-17(22)12-8-9-14(18)15(10-12)20(23)24/h3-11H,1-2H3/t11-/m0/s1. The third-order valence-electron chi connectivity index (χ3n) is 3.48. The van der Waals surface area contributed by atoms with Crippen molar-refractivity contribution in [3.63, 3.8) is 0 Å². The van der Waals surface area contributed by atoms with Gasteiger partial charge in [0, 0.05) is 18.8 Å². The van der Waals surface area contributed by atoms with Crippen LogP contribution in [0.2, 0.25) is 5.02 Å². The molecule has 0 radical (unpaired) electrons. The summed E-state index contributed by atoms with van der Waals surface area (Å²) < 4.78 is 5.12. The largest absolute Gasteiger partial charge is 0.449 e.